The number of hydrogen-bond donors (Lipinski definition) is 4. The first-order valence-electron chi connectivity index (χ1n) is 16.6. The molecule has 2 rings (SSSR count). The van der Waals surface area contributed by atoms with Crippen molar-refractivity contribution in [2.75, 3.05) is 26.2 Å². The Bertz CT molecular complexity index is 856. The molecule has 0 aromatic rings. The Morgan fingerprint density at radius 2 is 1.50 bits per heavy atom. The van der Waals surface area contributed by atoms with Crippen LogP contribution in [0.4, 0.5) is 0 Å². The number of amides is 4. The van der Waals surface area contributed by atoms with Crippen molar-refractivity contribution in [1.82, 2.24) is 20.7 Å². The van der Waals surface area contributed by atoms with Gasteiger partial charge in [0, 0.05) is 50.4 Å². The minimum Gasteiger partial charge on any atom is -0.390 e. The van der Waals surface area contributed by atoms with E-state index in [1.54, 1.807) is 5.01 Å². The number of nitrogens with two attached hydrogens (primary N) is 1. The van der Waals surface area contributed by atoms with Gasteiger partial charge in [-0.3, -0.25) is 24.6 Å². The first kappa shape index (κ1) is 36.0. The number of carbonyl (C=O) groups excluding carboxylic acids is 4. The summed E-state index contributed by atoms with van der Waals surface area (Å²) in [5.41, 5.74) is 8.62. The molecule has 5 N–H and O–H groups in total. The van der Waals surface area contributed by atoms with Crippen LogP contribution in [0.5, 0.6) is 0 Å². The zero-order valence-electron chi connectivity index (χ0n) is 26.9. The first-order valence-corrected chi connectivity index (χ1v) is 16.6. The number of hydrogen-bond acceptors (Lipinski definition) is 6. The predicted molar refractivity (Wildman–Crippen MR) is 165 cm³/mol. The molecule has 10 nitrogen and oxygen atoms in total. The van der Waals surface area contributed by atoms with Crippen LogP contribution in [0.15, 0.2) is 0 Å². The monoisotopic (exact) mass is 593 g/mol. The lowest BCUT2D eigenvalue weighted by molar-refractivity contribution is -0.141. The highest BCUT2D eigenvalue weighted by Crippen LogP contribution is 2.35. The number of carbonyl (C=O) groups is 4. The third kappa shape index (κ3) is 11.8. The molecule has 2 aliphatic carbocycles. The summed E-state index contributed by atoms with van der Waals surface area (Å²) in [5.74, 6) is -1.69. The van der Waals surface area contributed by atoms with E-state index >= 15 is 0 Å². The molecular formula is C32H59N5O5. The molecule has 5 atom stereocenters. The summed E-state index contributed by atoms with van der Waals surface area (Å²) >= 11 is 0. The molecule has 10 heteroatoms. The minimum atomic E-state index is -0.896. The summed E-state index contributed by atoms with van der Waals surface area (Å²) < 4.78 is 0. The maximum Gasteiger partial charge on any atom is 0.234 e. The normalized spacial score (nSPS) is 22.9. The lowest BCUT2D eigenvalue weighted by Crippen LogP contribution is -2.54. The number of nitrogens with one attached hydrogen (secondary N) is 2. The number of nitrogens with zero attached hydrogens (tertiary/aromatic N) is 2. The quantitative estimate of drug-likeness (QED) is 0.190. The summed E-state index contributed by atoms with van der Waals surface area (Å²) in [6.45, 7) is 12.0. The van der Waals surface area contributed by atoms with Crippen molar-refractivity contribution in [1.29, 1.82) is 0 Å². The Morgan fingerprint density at radius 1 is 0.905 bits per heavy atom. The van der Waals surface area contributed by atoms with E-state index in [9.17, 15) is 24.3 Å². The van der Waals surface area contributed by atoms with Crippen molar-refractivity contribution >= 4 is 23.6 Å². The van der Waals surface area contributed by atoms with Gasteiger partial charge < -0.3 is 21.1 Å². The number of primary amides is 1. The van der Waals surface area contributed by atoms with Crippen LogP contribution in [0.3, 0.4) is 0 Å². The van der Waals surface area contributed by atoms with Crippen LogP contribution in [0, 0.1) is 29.6 Å². The Kier molecular flexibility index (Phi) is 15.8. The van der Waals surface area contributed by atoms with Crippen LogP contribution in [0.2, 0.25) is 0 Å². The zero-order chi connectivity index (χ0) is 31.2. The average molecular weight is 594 g/mol. The van der Waals surface area contributed by atoms with E-state index in [0.29, 0.717) is 57.7 Å². The topological polar surface area (TPSA) is 145 Å². The molecule has 2 fully saturated rings. The van der Waals surface area contributed by atoms with Crippen LogP contribution in [0.1, 0.15) is 112 Å². The lowest BCUT2D eigenvalue weighted by Gasteiger charge is -2.37. The Balaban J connectivity index is 2.19. The fourth-order valence-electron chi connectivity index (χ4n) is 6.69. The van der Waals surface area contributed by atoms with Gasteiger partial charge in [0.25, 0.3) is 0 Å². The van der Waals surface area contributed by atoms with Gasteiger partial charge >= 0.3 is 0 Å². The number of aliphatic hydroxyl groups excluding tert-OH is 1. The maximum atomic E-state index is 13.8. The number of hydrazine groups is 1. The largest absolute Gasteiger partial charge is 0.390 e. The number of aliphatic hydroxyl groups is 1. The van der Waals surface area contributed by atoms with Gasteiger partial charge in [0.05, 0.1) is 12.1 Å². The Morgan fingerprint density at radius 3 is 2.05 bits per heavy atom. The third-order valence-corrected chi connectivity index (χ3v) is 8.90. The standard InChI is InChI=1S/C32H59N5O5/c1-6-14-36(15-7-2)32(42)26-19-24(30(33)40)18-25(20-26)31(41)34-27(17-23-12-10-9-11-13-23)28(38)21-37(8-3)35-29(39)16-22(4)5/h22-28,38H,6-21H2,1-5H3,(H2,33,40)(H,34,41)(H,35,39). The summed E-state index contributed by atoms with van der Waals surface area (Å²) in [7, 11) is 0. The van der Waals surface area contributed by atoms with Crippen LogP contribution >= 0.6 is 0 Å². The molecule has 0 heterocycles. The maximum absolute atomic E-state index is 13.8. The van der Waals surface area contributed by atoms with E-state index in [4.69, 9.17) is 5.73 Å². The van der Waals surface area contributed by atoms with E-state index in [1.807, 2.05) is 39.5 Å². The first-order chi connectivity index (χ1) is 20.0. The molecule has 0 aromatic carbocycles. The van der Waals surface area contributed by atoms with Gasteiger partial charge in [-0.1, -0.05) is 66.7 Å². The van der Waals surface area contributed by atoms with E-state index < -0.39 is 35.8 Å². The van der Waals surface area contributed by atoms with Gasteiger partial charge in [0.2, 0.25) is 23.6 Å². The average Bonchev–Trinajstić information content (AvgIpc) is 2.95. The molecule has 42 heavy (non-hydrogen) atoms. The molecule has 0 spiro atoms. The second kappa shape index (κ2) is 18.5. The summed E-state index contributed by atoms with van der Waals surface area (Å²) in [5, 5.41) is 16.3. The van der Waals surface area contributed by atoms with Gasteiger partial charge in [-0.05, 0) is 50.4 Å². The van der Waals surface area contributed by atoms with E-state index in [1.165, 1.54) is 6.42 Å². The van der Waals surface area contributed by atoms with Crippen molar-refractivity contribution in [3.63, 3.8) is 0 Å². The van der Waals surface area contributed by atoms with Crippen LogP contribution in [0.25, 0.3) is 0 Å². The van der Waals surface area contributed by atoms with Crippen molar-refractivity contribution in [2.24, 2.45) is 35.3 Å². The predicted octanol–water partition coefficient (Wildman–Crippen LogP) is 3.37. The lowest BCUT2D eigenvalue weighted by atomic mass is 9.73. The van der Waals surface area contributed by atoms with Crippen molar-refractivity contribution in [3.8, 4) is 0 Å². The third-order valence-electron chi connectivity index (χ3n) is 8.90. The Labute approximate surface area is 253 Å². The van der Waals surface area contributed by atoms with Crippen molar-refractivity contribution < 1.29 is 24.3 Å². The number of rotatable bonds is 17. The fraction of sp³-hybridized carbons (Fsp3) is 0.875. The molecule has 0 saturated heterocycles. The SMILES string of the molecule is CCCN(CCC)C(=O)C1CC(C(N)=O)CC(C(=O)NC(CC2CCCCC2)C(O)CN(CC)NC(=O)CC(C)C)C1. The van der Waals surface area contributed by atoms with E-state index in [-0.39, 0.29) is 30.2 Å². The molecule has 4 amide bonds. The summed E-state index contributed by atoms with van der Waals surface area (Å²) in [6, 6.07) is -0.503. The molecular weight excluding hydrogens is 534 g/mol. The van der Waals surface area contributed by atoms with Crippen LogP contribution < -0.4 is 16.5 Å². The highest BCUT2D eigenvalue weighted by Gasteiger charge is 2.40. The van der Waals surface area contributed by atoms with Gasteiger partial charge in [0.1, 0.15) is 0 Å². The van der Waals surface area contributed by atoms with Gasteiger partial charge in [0.15, 0.2) is 0 Å². The molecule has 242 valence electrons. The van der Waals surface area contributed by atoms with Gasteiger partial charge in [-0.25, -0.2) is 5.01 Å². The minimum absolute atomic E-state index is 0.00281. The number of likely N-dealkylation sites (N-methyl/N-ethyl adjacent to an activating group) is 1. The second-order valence-corrected chi connectivity index (χ2v) is 13.1. The van der Waals surface area contributed by atoms with Crippen LogP contribution in [-0.2, 0) is 19.2 Å². The molecule has 2 saturated carbocycles. The zero-order valence-corrected chi connectivity index (χ0v) is 26.9. The van der Waals surface area contributed by atoms with Crippen molar-refractivity contribution in [2.45, 2.75) is 124 Å². The Hall–Kier alpha value is -2.20. The molecule has 0 radical (unpaired) electrons. The summed E-state index contributed by atoms with van der Waals surface area (Å²) in [4.78, 5) is 53.8. The molecule has 0 aliphatic heterocycles. The molecule has 2 aliphatic rings. The molecule has 0 bridgehead atoms. The smallest absolute Gasteiger partial charge is 0.234 e. The fourth-order valence-corrected chi connectivity index (χ4v) is 6.69. The molecule has 0 aromatic heterocycles. The second-order valence-electron chi connectivity index (χ2n) is 13.1. The highest BCUT2D eigenvalue weighted by molar-refractivity contribution is 5.85. The highest BCUT2D eigenvalue weighted by atomic mass is 16.3. The van der Waals surface area contributed by atoms with Crippen LogP contribution in [-0.4, -0.2) is 77.0 Å². The van der Waals surface area contributed by atoms with E-state index in [0.717, 1.165) is 38.5 Å². The van der Waals surface area contributed by atoms with Gasteiger partial charge in [-0.15, -0.1) is 0 Å². The van der Waals surface area contributed by atoms with Gasteiger partial charge in [-0.2, -0.15) is 0 Å². The van der Waals surface area contributed by atoms with Crippen molar-refractivity contribution in [3.05, 3.63) is 0 Å². The van der Waals surface area contributed by atoms with E-state index in [2.05, 4.69) is 10.7 Å². The summed E-state index contributed by atoms with van der Waals surface area (Å²) in [6.07, 6.45) is 8.52. The molecule has 5 unspecified atom stereocenters.